The summed E-state index contributed by atoms with van der Waals surface area (Å²) in [6, 6.07) is 9.69. The molecule has 0 saturated carbocycles. The molecule has 0 heterocycles. The number of carbonyl (C=O) groups excluding carboxylic acids is 2. The molecule has 0 aliphatic heterocycles. The highest BCUT2D eigenvalue weighted by molar-refractivity contribution is 6.37. The smallest absolute Gasteiger partial charge is 0.338 e. The van der Waals surface area contributed by atoms with Gasteiger partial charge in [0.1, 0.15) is 0 Å². The zero-order valence-corrected chi connectivity index (χ0v) is 15.5. The number of hydrogen-bond acceptors (Lipinski definition) is 4. The van der Waals surface area contributed by atoms with Crippen molar-refractivity contribution in [3.05, 3.63) is 63.1 Å². The molecule has 0 unspecified atom stereocenters. The maximum Gasteiger partial charge on any atom is 0.338 e. The summed E-state index contributed by atoms with van der Waals surface area (Å²) in [5.41, 5.74) is 1.60. The van der Waals surface area contributed by atoms with Crippen LogP contribution >= 0.6 is 23.2 Å². The summed E-state index contributed by atoms with van der Waals surface area (Å²) in [6.45, 7) is 4.33. The van der Waals surface area contributed by atoms with Gasteiger partial charge in [0.15, 0.2) is 11.5 Å². The fraction of sp³-hybridized carbons (Fsp3) is 0.263. The molecule has 4 nitrogen and oxygen atoms in total. The summed E-state index contributed by atoms with van der Waals surface area (Å²) in [7, 11) is 0. The van der Waals surface area contributed by atoms with Gasteiger partial charge >= 0.3 is 5.97 Å². The molecule has 0 aliphatic rings. The molecule has 2 aromatic rings. The molecule has 25 heavy (non-hydrogen) atoms. The fourth-order valence-electron chi connectivity index (χ4n) is 2.29. The van der Waals surface area contributed by atoms with Crippen LogP contribution in [0.2, 0.25) is 10.0 Å². The van der Waals surface area contributed by atoms with E-state index in [1.54, 1.807) is 43.3 Å². The van der Waals surface area contributed by atoms with Gasteiger partial charge in [-0.3, -0.25) is 4.79 Å². The van der Waals surface area contributed by atoms with Crippen molar-refractivity contribution in [2.24, 2.45) is 0 Å². The summed E-state index contributed by atoms with van der Waals surface area (Å²) in [5.74, 6) is -0.0981. The van der Waals surface area contributed by atoms with Crippen molar-refractivity contribution in [2.45, 2.75) is 20.3 Å². The van der Waals surface area contributed by atoms with Crippen LogP contribution in [0.3, 0.4) is 0 Å². The molecule has 132 valence electrons. The van der Waals surface area contributed by atoms with Crippen LogP contribution in [0.25, 0.3) is 0 Å². The Kier molecular flexibility index (Phi) is 6.85. The van der Waals surface area contributed by atoms with Gasteiger partial charge < -0.3 is 9.47 Å². The fourth-order valence-corrected chi connectivity index (χ4v) is 2.93. The zero-order chi connectivity index (χ0) is 18.4. The van der Waals surface area contributed by atoms with Crippen LogP contribution in [0, 0.1) is 0 Å². The molecule has 0 aliphatic carbocycles. The molecule has 0 bridgehead atoms. The van der Waals surface area contributed by atoms with Crippen molar-refractivity contribution in [3.63, 3.8) is 0 Å². The molecule has 0 spiro atoms. The van der Waals surface area contributed by atoms with E-state index in [4.69, 9.17) is 32.7 Å². The largest absolute Gasteiger partial charge is 0.491 e. The third-order valence-corrected chi connectivity index (χ3v) is 3.99. The van der Waals surface area contributed by atoms with Gasteiger partial charge in [0.25, 0.3) is 0 Å². The molecule has 0 radical (unpaired) electrons. The van der Waals surface area contributed by atoms with Crippen molar-refractivity contribution in [1.29, 1.82) is 0 Å². The molecule has 0 amide bonds. The first-order valence-corrected chi connectivity index (χ1v) is 8.63. The summed E-state index contributed by atoms with van der Waals surface area (Å²) in [5, 5.41) is 0.740. The van der Waals surface area contributed by atoms with E-state index in [1.807, 2.05) is 6.92 Å². The molecular formula is C19H18Cl2O4. The number of rotatable bonds is 7. The van der Waals surface area contributed by atoms with Gasteiger partial charge in [-0.05, 0) is 43.7 Å². The minimum Gasteiger partial charge on any atom is -0.491 e. The van der Waals surface area contributed by atoms with E-state index < -0.39 is 5.97 Å². The molecule has 0 atom stereocenters. The van der Waals surface area contributed by atoms with Crippen molar-refractivity contribution >= 4 is 35.0 Å². The summed E-state index contributed by atoms with van der Waals surface area (Å²) >= 11 is 12.3. The highest BCUT2D eigenvalue weighted by Gasteiger charge is 2.14. The minimum absolute atomic E-state index is 0.105. The monoisotopic (exact) mass is 380 g/mol. The van der Waals surface area contributed by atoms with Crippen molar-refractivity contribution in [2.75, 3.05) is 13.2 Å². The topological polar surface area (TPSA) is 52.6 Å². The van der Waals surface area contributed by atoms with E-state index in [9.17, 15) is 9.59 Å². The van der Waals surface area contributed by atoms with Crippen LogP contribution in [0.4, 0.5) is 0 Å². The lowest BCUT2D eigenvalue weighted by molar-refractivity contribution is 0.0526. The van der Waals surface area contributed by atoms with Crippen molar-refractivity contribution in [1.82, 2.24) is 0 Å². The van der Waals surface area contributed by atoms with E-state index in [0.717, 1.165) is 0 Å². The average Bonchev–Trinajstić information content (AvgIpc) is 2.58. The van der Waals surface area contributed by atoms with E-state index in [-0.39, 0.29) is 12.2 Å². The maximum absolute atomic E-state index is 12.4. The lowest BCUT2D eigenvalue weighted by atomic mass is 10.0. The van der Waals surface area contributed by atoms with Crippen LogP contribution in [0.1, 0.15) is 40.1 Å². The first-order chi connectivity index (χ1) is 12.0. The third kappa shape index (κ3) is 4.97. The normalized spacial score (nSPS) is 10.4. The second-order valence-corrected chi connectivity index (χ2v) is 6.03. The van der Waals surface area contributed by atoms with Gasteiger partial charge in [-0.25, -0.2) is 4.79 Å². The second kappa shape index (κ2) is 8.88. The van der Waals surface area contributed by atoms with Gasteiger partial charge in [0.2, 0.25) is 0 Å². The van der Waals surface area contributed by atoms with E-state index >= 15 is 0 Å². The molecule has 0 N–H and O–H groups in total. The van der Waals surface area contributed by atoms with E-state index in [1.165, 1.54) is 0 Å². The first-order valence-electron chi connectivity index (χ1n) is 7.87. The summed E-state index contributed by atoms with van der Waals surface area (Å²) in [6.07, 6.45) is 0.143. The zero-order valence-electron chi connectivity index (χ0n) is 14.0. The summed E-state index contributed by atoms with van der Waals surface area (Å²) in [4.78, 5) is 24.0. The predicted octanol–water partition coefficient (Wildman–Crippen LogP) is 4.99. The number of esters is 1. The number of halogens is 2. The van der Waals surface area contributed by atoms with Gasteiger partial charge in [-0.2, -0.15) is 0 Å². The quantitative estimate of drug-likeness (QED) is 0.501. The number of benzene rings is 2. The van der Waals surface area contributed by atoms with E-state index in [2.05, 4.69) is 0 Å². The molecule has 6 heteroatoms. The Hall–Kier alpha value is -2.04. The average molecular weight is 381 g/mol. The molecule has 0 aromatic heterocycles. The lowest BCUT2D eigenvalue weighted by Crippen LogP contribution is -2.07. The molecule has 0 saturated heterocycles. The number of carbonyl (C=O) groups is 2. The lowest BCUT2D eigenvalue weighted by Gasteiger charge is -2.10. The Morgan fingerprint density at radius 1 is 0.920 bits per heavy atom. The first kappa shape index (κ1) is 19.3. The maximum atomic E-state index is 12.4. The van der Waals surface area contributed by atoms with Crippen LogP contribution in [-0.4, -0.2) is 25.0 Å². The molecule has 2 aromatic carbocycles. The number of ether oxygens (including phenoxy) is 2. The highest BCUT2D eigenvalue weighted by Crippen LogP contribution is 2.34. The molecular weight excluding hydrogens is 363 g/mol. The van der Waals surface area contributed by atoms with Crippen molar-refractivity contribution < 1.29 is 19.1 Å². The Labute approximate surface area is 156 Å². The number of Topliss-reactive ketones (excluding diaryl/α,β-unsaturated/α-hetero) is 1. The van der Waals surface area contributed by atoms with Crippen LogP contribution in [0.5, 0.6) is 5.75 Å². The standard InChI is InChI=1S/C19H18Cl2O4/c1-3-24-18-15(20)9-12(10-16(18)21)11-17(22)13-5-7-14(8-6-13)19(23)25-4-2/h5-10H,3-4,11H2,1-2H3. The van der Waals surface area contributed by atoms with Crippen LogP contribution in [-0.2, 0) is 11.2 Å². The predicted molar refractivity (Wildman–Crippen MR) is 98.1 cm³/mol. The summed E-state index contributed by atoms with van der Waals surface area (Å²) < 4.78 is 10.3. The van der Waals surface area contributed by atoms with Gasteiger partial charge in [-0.15, -0.1) is 0 Å². The van der Waals surface area contributed by atoms with Crippen molar-refractivity contribution in [3.8, 4) is 5.75 Å². The Balaban J connectivity index is 2.13. The van der Waals surface area contributed by atoms with Crippen LogP contribution < -0.4 is 4.74 Å². The number of ketones is 1. The SMILES string of the molecule is CCOC(=O)c1ccc(C(=O)Cc2cc(Cl)c(OCC)c(Cl)c2)cc1. The third-order valence-electron chi connectivity index (χ3n) is 3.43. The highest BCUT2D eigenvalue weighted by atomic mass is 35.5. The van der Waals surface area contributed by atoms with Gasteiger partial charge in [-0.1, -0.05) is 35.3 Å². The molecule has 0 fully saturated rings. The Morgan fingerprint density at radius 3 is 2.00 bits per heavy atom. The Morgan fingerprint density at radius 2 is 1.48 bits per heavy atom. The number of hydrogen-bond donors (Lipinski definition) is 0. The van der Waals surface area contributed by atoms with Gasteiger partial charge in [0.05, 0.1) is 28.8 Å². The Bertz CT molecular complexity index is 746. The second-order valence-electron chi connectivity index (χ2n) is 5.22. The van der Waals surface area contributed by atoms with Gasteiger partial charge in [0, 0.05) is 12.0 Å². The molecule has 2 rings (SSSR count). The van der Waals surface area contributed by atoms with E-state index in [0.29, 0.717) is 45.7 Å². The minimum atomic E-state index is -0.411. The van der Waals surface area contributed by atoms with Crippen LogP contribution in [0.15, 0.2) is 36.4 Å².